The highest BCUT2D eigenvalue weighted by molar-refractivity contribution is 5.79. The van der Waals surface area contributed by atoms with E-state index in [1.807, 2.05) is 42.7 Å². The summed E-state index contributed by atoms with van der Waals surface area (Å²) in [5.74, 6) is 0.617. The highest BCUT2D eigenvalue weighted by Crippen LogP contribution is 2.17. The fourth-order valence-electron chi connectivity index (χ4n) is 2.83. The Labute approximate surface area is 122 Å². The molecule has 0 saturated heterocycles. The number of aromatic nitrogens is 3. The van der Waals surface area contributed by atoms with Gasteiger partial charge in [0, 0.05) is 17.8 Å². The normalized spacial score (nSPS) is 11.1. The smallest absolute Gasteiger partial charge is 0.262 e. The summed E-state index contributed by atoms with van der Waals surface area (Å²) in [6, 6.07) is 9.77. The fraction of sp³-hybridized carbons (Fsp3) is 0.312. The Morgan fingerprint density at radius 3 is 2.81 bits per heavy atom. The lowest BCUT2D eigenvalue weighted by Crippen LogP contribution is -2.25. The molecule has 21 heavy (non-hydrogen) atoms. The number of para-hydroxylation sites is 2. The van der Waals surface area contributed by atoms with Crippen molar-refractivity contribution in [1.82, 2.24) is 14.0 Å². The molecule has 0 aliphatic carbocycles. The molecule has 5 heteroatoms. The van der Waals surface area contributed by atoms with Crippen LogP contribution < -0.4 is 5.56 Å². The summed E-state index contributed by atoms with van der Waals surface area (Å²) < 4.78 is 3.64. The molecule has 5 nitrogen and oxygen atoms in total. The molecular formula is C16H16N4O. The van der Waals surface area contributed by atoms with Gasteiger partial charge in [-0.1, -0.05) is 19.1 Å². The van der Waals surface area contributed by atoms with Gasteiger partial charge in [0.1, 0.15) is 0 Å². The summed E-state index contributed by atoms with van der Waals surface area (Å²) in [5.41, 5.74) is 3.29. The Kier molecular flexibility index (Phi) is 3.22. The monoisotopic (exact) mass is 280 g/mol. The van der Waals surface area contributed by atoms with Crippen LogP contribution in [-0.2, 0) is 13.0 Å². The van der Waals surface area contributed by atoms with Crippen molar-refractivity contribution in [1.29, 1.82) is 5.26 Å². The lowest BCUT2D eigenvalue weighted by Gasteiger charge is -2.14. The van der Waals surface area contributed by atoms with Gasteiger partial charge in [-0.05, 0) is 25.5 Å². The van der Waals surface area contributed by atoms with Gasteiger partial charge in [-0.3, -0.25) is 4.79 Å². The van der Waals surface area contributed by atoms with Crippen molar-refractivity contribution in [2.45, 2.75) is 33.2 Å². The Balaban J connectivity index is 2.49. The van der Waals surface area contributed by atoms with Gasteiger partial charge in [-0.2, -0.15) is 5.26 Å². The largest absolute Gasteiger partial charge is 0.314 e. The third-order valence-electron chi connectivity index (χ3n) is 3.89. The minimum Gasteiger partial charge on any atom is -0.314 e. The van der Waals surface area contributed by atoms with Crippen LogP contribution in [0.2, 0.25) is 0 Å². The van der Waals surface area contributed by atoms with Crippen molar-refractivity contribution in [3.05, 3.63) is 45.9 Å². The van der Waals surface area contributed by atoms with Crippen LogP contribution in [0.4, 0.5) is 0 Å². The molecule has 0 spiro atoms. The van der Waals surface area contributed by atoms with Gasteiger partial charge in [0.15, 0.2) is 0 Å². The van der Waals surface area contributed by atoms with Crippen LogP contribution in [0.15, 0.2) is 29.1 Å². The number of hydrogen-bond donors (Lipinski definition) is 0. The van der Waals surface area contributed by atoms with Crippen molar-refractivity contribution in [2.75, 3.05) is 0 Å². The zero-order chi connectivity index (χ0) is 15.0. The summed E-state index contributed by atoms with van der Waals surface area (Å²) in [6.07, 6.45) is 1.06. The van der Waals surface area contributed by atoms with Gasteiger partial charge in [0.2, 0.25) is 5.78 Å². The molecule has 0 aliphatic heterocycles. The molecule has 0 fully saturated rings. The first kappa shape index (κ1) is 13.4. The minimum atomic E-state index is -0.00749. The molecule has 1 aromatic carbocycles. The van der Waals surface area contributed by atoms with Crippen LogP contribution in [0.25, 0.3) is 16.8 Å². The Hall–Kier alpha value is -2.61. The number of rotatable bonds is 3. The standard InChI is InChI=1S/C16H16N4O/c1-3-12-11(2)19(10-6-9-17)16-18-13-7-4-5-8-14(13)20(16)15(12)21/h4-5,7-8H,3,6,10H2,1-2H3. The van der Waals surface area contributed by atoms with Gasteiger partial charge < -0.3 is 4.57 Å². The van der Waals surface area contributed by atoms with E-state index < -0.39 is 0 Å². The molecule has 0 radical (unpaired) electrons. The van der Waals surface area contributed by atoms with Crippen LogP contribution in [0.1, 0.15) is 24.6 Å². The predicted molar refractivity (Wildman–Crippen MR) is 81.3 cm³/mol. The van der Waals surface area contributed by atoms with Crippen molar-refractivity contribution in [3.63, 3.8) is 0 Å². The van der Waals surface area contributed by atoms with Gasteiger partial charge >= 0.3 is 0 Å². The van der Waals surface area contributed by atoms with E-state index in [0.29, 0.717) is 25.2 Å². The molecule has 0 unspecified atom stereocenters. The number of benzene rings is 1. The zero-order valence-electron chi connectivity index (χ0n) is 12.1. The van der Waals surface area contributed by atoms with E-state index in [1.54, 1.807) is 4.40 Å². The molecule has 0 aliphatic rings. The fourth-order valence-corrected chi connectivity index (χ4v) is 2.83. The number of aryl methyl sites for hydroxylation is 1. The molecule has 2 heterocycles. The summed E-state index contributed by atoms with van der Waals surface area (Å²) >= 11 is 0. The van der Waals surface area contributed by atoms with E-state index in [0.717, 1.165) is 22.3 Å². The lowest BCUT2D eigenvalue weighted by atomic mass is 10.2. The van der Waals surface area contributed by atoms with Crippen LogP contribution >= 0.6 is 0 Å². The average molecular weight is 280 g/mol. The van der Waals surface area contributed by atoms with Crippen LogP contribution in [0.3, 0.4) is 0 Å². The van der Waals surface area contributed by atoms with Crippen molar-refractivity contribution in [2.24, 2.45) is 0 Å². The summed E-state index contributed by atoms with van der Waals surface area (Å²) in [4.78, 5) is 17.3. The maximum atomic E-state index is 12.7. The summed E-state index contributed by atoms with van der Waals surface area (Å²) in [7, 11) is 0. The Morgan fingerprint density at radius 2 is 2.10 bits per heavy atom. The number of imidazole rings is 1. The molecule has 3 rings (SSSR count). The Morgan fingerprint density at radius 1 is 1.33 bits per heavy atom. The van der Waals surface area contributed by atoms with Crippen LogP contribution in [-0.4, -0.2) is 14.0 Å². The van der Waals surface area contributed by atoms with Gasteiger partial charge in [0.05, 0.1) is 23.5 Å². The van der Waals surface area contributed by atoms with E-state index in [-0.39, 0.29) is 5.56 Å². The first-order chi connectivity index (χ1) is 10.2. The third-order valence-corrected chi connectivity index (χ3v) is 3.89. The first-order valence-corrected chi connectivity index (χ1v) is 7.05. The third kappa shape index (κ3) is 1.91. The SMILES string of the molecule is CCc1c(C)n(CCC#N)c2nc3ccccc3n2c1=O. The molecule has 0 saturated carbocycles. The summed E-state index contributed by atoms with van der Waals surface area (Å²) in [6.45, 7) is 4.45. The minimum absolute atomic E-state index is 0.00749. The molecule has 106 valence electrons. The maximum absolute atomic E-state index is 12.7. The molecule has 0 bridgehead atoms. The van der Waals surface area contributed by atoms with Crippen molar-refractivity contribution >= 4 is 16.8 Å². The van der Waals surface area contributed by atoms with Crippen LogP contribution in [0, 0.1) is 18.3 Å². The van der Waals surface area contributed by atoms with Gasteiger partial charge in [0.25, 0.3) is 5.56 Å². The first-order valence-electron chi connectivity index (χ1n) is 7.05. The zero-order valence-corrected chi connectivity index (χ0v) is 12.1. The maximum Gasteiger partial charge on any atom is 0.262 e. The molecule has 2 aromatic heterocycles. The van der Waals surface area contributed by atoms with Gasteiger partial charge in [-0.15, -0.1) is 0 Å². The van der Waals surface area contributed by atoms with Crippen molar-refractivity contribution < 1.29 is 0 Å². The second-order valence-electron chi connectivity index (χ2n) is 5.02. The Bertz CT molecular complexity index is 927. The second kappa shape index (κ2) is 5.06. The van der Waals surface area contributed by atoms with E-state index in [2.05, 4.69) is 11.1 Å². The van der Waals surface area contributed by atoms with E-state index >= 15 is 0 Å². The van der Waals surface area contributed by atoms with Crippen molar-refractivity contribution in [3.8, 4) is 6.07 Å². The number of nitriles is 1. The van der Waals surface area contributed by atoms with Gasteiger partial charge in [-0.25, -0.2) is 9.38 Å². The summed E-state index contributed by atoms with van der Waals surface area (Å²) in [5, 5.41) is 8.86. The van der Waals surface area contributed by atoms with E-state index in [1.165, 1.54) is 0 Å². The molecule has 0 amide bonds. The average Bonchev–Trinajstić information content (AvgIpc) is 2.87. The predicted octanol–water partition coefficient (Wildman–Crippen LogP) is 2.43. The topological polar surface area (TPSA) is 63.1 Å². The molecule has 3 aromatic rings. The number of hydrogen-bond acceptors (Lipinski definition) is 3. The van der Waals surface area contributed by atoms with Crippen LogP contribution in [0.5, 0.6) is 0 Å². The molecular weight excluding hydrogens is 264 g/mol. The number of nitrogens with zero attached hydrogens (tertiary/aromatic N) is 4. The quantitative estimate of drug-likeness (QED) is 0.740. The lowest BCUT2D eigenvalue weighted by molar-refractivity contribution is 0.675. The van der Waals surface area contributed by atoms with E-state index in [4.69, 9.17) is 5.26 Å². The number of fused-ring (bicyclic) bond motifs is 3. The van der Waals surface area contributed by atoms with E-state index in [9.17, 15) is 4.79 Å². The highest BCUT2D eigenvalue weighted by Gasteiger charge is 2.16. The molecule has 0 N–H and O–H groups in total. The second-order valence-corrected chi connectivity index (χ2v) is 5.02. The highest BCUT2D eigenvalue weighted by atomic mass is 16.1. The molecule has 0 atom stereocenters.